The Labute approximate surface area is 177 Å². The zero-order chi connectivity index (χ0) is 21.0. The van der Waals surface area contributed by atoms with E-state index in [0.29, 0.717) is 22.9 Å². The first-order valence-corrected chi connectivity index (χ1v) is 9.91. The molecule has 2 aromatic carbocycles. The highest BCUT2D eigenvalue weighted by molar-refractivity contribution is 8.18. The van der Waals surface area contributed by atoms with Crippen molar-refractivity contribution in [1.29, 1.82) is 0 Å². The number of carbonyl (C=O) groups excluding carboxylic acids is 3. The minimum atomic E-state index is -0.991. The molecule has 1 heterocycles. The second-order valence-electron chi connectivity index (χ2n) is 6.20. The van der Waals surface area contributed by atoms with E-state index in [4.69, 9.17) is 16.3 Å². The Morgan fingerprint density at radius 3 is 2.55 bits per heavy atom. The van der Waals surface area contributed by atoms with Gasteiger partial charge in [0.25, 0.3) is 11.1 Å². The van der Waals surface area contributed by atoms with Crippen LogP contribution in [0.15, 0.2) is 53.4 Å². The predicted molar refractivity (Wildman–Crippen MR) is 112 cm³/mol. The van der Waals surface area contributed by atoms with Gasteiger partial charge in [0, 0.05) is 10.6 Å². The normalized spacial score (nSPS) is 16.2. The number of hydrogen-bond donors (Lipinski definition) is 0. The maximum atomic E-state index is 12.7. The Hall–Kier alpha value is -2.77. The molecule has 0 bridgehead atoms. The van der Waals surface area contributed by atoms with Gasteiger partial charge in [0.05, 0.1) is 12.0 Å². The van der Waals surface area contributed by atoms with Gasteiger partial charge in [-0.15, -0.1) is 0 Å². The van der Waals surface area contributed by atoms with Gasteiger partial charge in [-0.1, -0.05) is 41.9 Å². The van der Waals surface area contributed by atoms with Gasteiger partial charge in [-0.05, 0) is 48.5 Å². The number of nitrogens with zero attached hydrogens (tertiary/aromatic N) is 1. The van der Waals surface area contributed by atoms with Crippen LogP contribution in [0.2, 0.25) is 5.02 Å². The minimum Gasteiger partial charge on any atom is -0.488 e. The summed E-state index contributed by atoms with van der Waals surface area (Å²) in [6.07, 6.45) is 1.59. The van der Waals surface area contributed by atoms with Crippen molar-refractivity contribution in [3.8, 4) is 5.75 Å². The van der Waals surface area contributed by atoms with E-state index in [9.17, 15) is 14.4 Å². The predicted octanol–water partition coefficient (Wildman–Crippen LogP) is 4.52. The Bertz CT molecular complexity index is 973. The van der Waals surface area contributed by atoms with Gasteiger partial charge >= 0.3 is 5.97 Å². The van der Waals surface area contributed by atoms with Crippen LogP contribution in [0, 0.1) is 0 Å². The molecule has 1 aliphatic rings. The smallest absolute Gasteiger partial charge is 0.328 e. The number of ether oxygens (including phenoxy) is 2. The molecule has 3 rings (SSSR count). The number of amides is 2. The fourth-order valence-electron chi connectivity index (χ4n) is 2.70. The molecule has 8 heteroatoms. The molecule has 29 heavy (non-hydrogen) atoms. The fraction of sp³-hybridized carbons (Fsp3) is 0.190. The van der Waals surface area contributed by atoms with Crippen molar-refractivity contribution in [3.63, 3.8) is 0 Å². The molecule has 1 atom stereocenters. The van der Waals surface area contributed by atoms with E-state index in [2.05, 4.69) is 4.74 Å². The number of rotatable bonds is 6. The third-order valence-electron chi connectivity index (χ3n) is 4.27. The maximum Gasteiger partial charge on any atom is 0.328 e. The molecular weight excluding hydrogens is 414 g/mol. The van der Waals surface area contributed by atoms with Gasteiger partial charge in [0.15, 0.2) is 0 Å². The number of esters is 1. The lowest BCUT2D eigenvalue weighted by Crippen LogP contribution is -2.42. The first-order chi connectivity index (χ1) is 13.9. The lowest BCUT2D eigenvalue weighted by atomic mass is 10.1. The van der Waals surface area contributed by atoms with Crippen LogP contribution in [0.4, 0.5) is 4.79 Å². The molecular formula is C21H18ClNO5S. The van der Waals surface area contributed by atoms with Gasteiger partial charge in [0.1, 0.15) is 18.4 Å². The average Bonchev–Trinajstić information content (AvgIpc) is 3.00. The van der Waals surface area contributed by atoms with Crippen LogP contribution in [-0.2, 0) is 20.9 Å². The van der Waals surface area contributed by atoms with Gasteiger partial charge in [-0.25, -0.2) is 4.79 Å². The largest absolute Gasteiger partial charge is 0.488 e. The van der Waals surface area contributed by atoms with Crippen LogP contribution >= 0.6 is 23.4 Å². The van der Waals surface area contributed by atoms with E-state index in [0.717, 1.165) is 22.2 Å². The second-order valence-corrected chi connectivity index (χ2v) is 7.63. The van der Waals surface area contributed by atoms with Crippen molar-refractivity contribution >= 4 is 46.6 Å². The third kappa shape index (κ3) is 4.81. The van der Waals surface area contributed by atoms with E-state index < -0.39 is 23.2 Å². The van der Waals surface area contributed by atoms with Crippen LogP contribution in [-0.4, -0.2) is 35.2 Å². The third-order valence-corrected chi connectivity index (χ3v) is 5.40. The Balaban J connectivity index is 1.80. The molecule has 2 aromatic rings. The van der Waals surface area contributed by atoms with Crippen LogP contribution in [0.25, 0.3) is 6.08 Å². The zero-order valence-electron chi connectivity index (χ0n) is 15.8. The van der Waals surface area contributed by atoms with E-state index in [1.54, 1.807) is 30.3 Å². The van der Waals surface area contributed by atoms with Gasteiger partial charge in [-0.2, -0.15) is 0 Å². The van der Waals surface area contributed by atoms with E-state index in [1.165, 1.54) is 14.0 Å². The van der Waals surface area contributed by atoms with Gasteiger partial charge < -0.3 is 9.47 Å². The highest BCUT2D eigenvalue weighted by atomic mass is 35.5. The van der Waals surface area contributed by atoms with Crippen LogP contribution < -0.4 is 4.74 Å². The van der Waals surface area contributed by atoms with Crippen molar-refractivity contribution in [2.75, 3.05) is 7.11 Å². The fourth-order valence-corrected chi connectivity index (χ4v) is 3.73. The van der Waals surface area contributed by atoms with Crippen molar-refractivity contribution in [3.05, 3.63) is 69.6 Å². The highest BCUT2D eigenvalue weighted by Gasteiger charge is 2.41. The zero-order valence-corrected chi connectivity index (χ0v) is 17.3. The van der Waals surface area contributed by atoms with Crippen LogP contribution in [0.3, 0.4) is 0 Å². The Morgan fingerprint density at radius 1 is 1.17 bits per heavy atom. The molecule has 2 amide bonds. The van der Waals surface area contributed by atoms with Crippen LogP contribution in [0.1, 0.15) is 18.1 Å². The summed E-state index contributed by atoms with van der Waals surface area (Å²) in [6.45, 7) is 1.77. The standard InChI is InChI=1S/C21H18ClNO5S/c1-13(20(25)27-2)23-19(24)18(29-21(23)26)11-15-5-3-4-6-17(15)28-12-14-7-9-16(22)10-8-14/h3-11,13H,12H2,1-2H3/b18-11+/t13-/m1/s1. The molecule has 0 unspecified atom stereocenters. The summed E-state index contributed by atoms with van der Waals surface area (Å²) >= 11 is 6.67. The maximum absolute atomic E-state index is 12.7. The number of methoxy groups -OCH3 is 1. The average molecular weight is 432 g/mol. The van der Waals surface area contributed by atoms with E-state index in [1.807, 2.05) is 24.3 Å². The van der Waals surface area contributed by atoms with Crippen molar-refractivity contribution in [2.24, 2.45) is 0 Å². The summed E-state index contributed by atoms with van der Waals surface area (Å²) < 4.78 is 10.5. The molecule has 0 spiro atoms. The number of imide groups is 1. The summed E-state index contributed by atoms with van der Waals surface area (Å²) in [4.78, 5) is 37.8. The lowest BCUT2D eigenvalue weighted by Gasteiger charge is -2.18. The van der Waals surface area contributed by atoms with Crippen LogP contribution in [0.5, 0.6) is 5.75 Å². The molecule has 1 aliphatic heterocycles. The molecule has 0 aromatic heterocycles. The molecule has 150 valence electrons. The first-order valence-electron chi connectivity index (χ1n) is 8.72. The summed E-state index contributed by atoms with van der Waals surface area (Å²) in [6, 6.07) is 13.5. The summed E-state index contributed by atoms with van der Waals surface area (Å²) in [5, 5.41) is 0.129. The first kappa shape index (κ1) is 21.0. The molecule has 0 N–H and O–H groups in total. The highest BCUT2D eigenvalue weighted by Crippen LogP contribution is 2.35. The number of para-hydroxylation sites is 1. The van der Waals surface area contributed by atoms with Gasteiger partial charge in [0.2, 0.25) is 0 Å². The van der Waals surface area contributed by atoms with Gasteiger partial charge in [-0.3, -0.25) is 14.5 Å². The number of hydrogen-bond acceptors (Lipinski definition) is 6. The van der Waals surface area contributed by atoms with E-state index in [-0.39, 0.29) is 4.91 Å². The summed E-state index contributed by atoms with van der Waals surface area (Å²) in [7, 11) is 1.21. The number of thioether (sulfide) groups is 1. The SMILES string of the molecule is COC(=O)[C@@H](C)N1C(=O)S/C(=C/c2ccccc2OCc2ccc(Cl)cc2)C1=O. The van der Waals surface area contributed by atoms with Crippen molar-refractivity contribution < 1.29 is 23.9 Å². The molecule has 0 aliphatic carbocycles. The molecule has 6 nitrogen and oxygen atoms in total. The van der Waals surface area contributed by atoms with E-state index >= 15 is 0 Å². The lowest BCUT2D eigenvalue weighted by molar-refractivity contribution is -0.148. The number of carbonyl (C=O) groups is 3. The summed E-state index contributed by atoms with van der Waals surface area (Å²) in [5.74, 6) is -0.624. The van der Waals surface area contributed by atoms with Crippen molar-refractivity contribution in [1.82, 2.24) is 4.90 Å². The van der Waals surface area contributed by atoms with Crippen molar-refractivity contribution in [2.45, 2.75) is 19.6 Å². The number of benzene rings is 2. The quantitative estimate of drug-likeness (QED) is 0.494. The minimum absolute atomic E-state index is 0.216. The molecule has 1 saturated heterocycles. The number of halogens is 1. The monoisotopic (exact) mass is 431 g/mol. The summed E-state index contributed by atoms with van der Waals surface area (Å²) in [5.41, 5.74) is 1.59. The second kappa shape index (κ2) is 9.15. The Kier molecular flexibility index (Phi) is 6.61. The molecule has 0 saturated carbocycles. The molecule has 0 radical (unpaired) electrons. The molecule has 1 fully saturated rings. The Morgan fingerprint density at radius 2 is 1.86 bits per heavy atom. The topological polar surface area (TPSA) is 72.9 Å².